The van der Waals surface area contributed by atoms with E-state index in [2.05, 4.69) is 17.6 Å². The molecule has 2 saturated carbocycles. The fourth-order valence-corrected chi connectivity index (χ4v) is 3.78. The number of fused-ring (bicyclic) bond motifs is 1. The molecule has 4 rings (SSSR count). The second-order valence-electron chi connectivity index (χ2n) is 7.23. The average molecular weight is 283 g/mol. The predicted octanol–water partition coefficient (Wildman–Crippen LogP) is 4.32. The molecule has 21 heavy (non-hydrogen) atoms. The van der Waals surface area contributed by atoms with Crippen LogP contribution in [0.25, 0.3) is 11.0 Å². The van der Waals surface area contributed by atoms with Gasteiger partial charge in [0.15, 0.2) is 0 Å². The van der Waals surface area contributed by atoms with Crippen LogP contribution in [0.3, 0.4) is 0 Å². The van der Waals surface area contributed by atoms with E-state index in [0.29, 0.717) is 5.92 Å². The first-order chi connectivity index (χ1) is 10.2. The third-order valence-electron chi connectivity index (χ3n) is 5.32. The van der Waals surface area contributed by atoms with Crippen molar-refractivity contribution in [3.8, 4) is 0 Å². The van der Waals surface area contributed by atoms with Gasteiger partial charge in [-0.05, 0) is 55.7 Å². The van der Waals surface area contributed by atoms with Crippen molar-refractivity contribution in [3.05, 3.63) is 24.0 Å². The van der Waals surface area contributed by atoms with E-state index in [9.17, 15) is 0 Å². The van der Waals surface area contributed by atoms with Crippen molar-refractivity contribution in [2.75, 3.05) is 5.73 Å². The van der Waals surface area contributed by atoms with Crippen LogP contribution in [-0.4, -0.2) is 9.55 Å². The van der Waals surface area contributed by atoms with Gasteiger partial charge in [-0.2, -0.15) is 0 Å². The summed E-state index contributed by atoms with van der Waals surface area (Å²) in [6, 6.07) is 6.20. The molecule has 0 atom stereocenters. The summed E-state index contributed by atoms with van der Waals surface area (Å²) in [5.41, 5.74) is 9.11. The van der Waals surface area contributed by atoms with Gasteiger partial charge in [0.2, 0.25) is 0 Å². The molecular weight excluding hydrogens is 258 g/mol. The standard InChI is InChI=1S/C18H25N3/c1-12-2-4-13(5-3-12)11-21-17-9-8-15(19)10-16(17)20-18(21)14-6-7-14/h8-10,12-14H,2-7,11,19H2,1H3. The Morgan fingerprint density at radius 3 is 2.62 bits per heavy atom. The molecule has 0 spiro atoms. The lowest BCUT2D eigenvalue weighted by Gasteiger charge is -2.27. The molecule has 0 aliphatic heterocycles. The van der Waals surface area contributed by atoms with Gasteiger partial charge in [0, 0.05) is 18.2 Å². The number of imidazole rings is 1. The Morgan fingerprint density at radius 1 is 1.14 bits per heavy atom. The summed E-state index contributed by atoms with van der Waals surface area (Å²) in [5, 5.41) is 0. The summed E-state index contributed by atoms with van der Waals surface area (Å²) < 4.78 is 2.51. The number of benzene rings is 1. The maximum absolute atomic E-state index is 5.93. The van der Waals surface area contributed by atoms with Gasteiger partial charge in [0.05, 0.1) is 11.0 Å². The second-order valence-corrected chi connectivity index (χ2v) is 7.23. The van der Waals surface area contributed by atoms with E-state index in [4.69, 9.17) is 10.7 Å². The lowest BCUT2D eigenvalue weighted by molar-refractivity contribution is 0.265. The van der Waals surface area contributed by atoms with E-state index in [-0.39, 0.29) is 0 Å². The average Bonchev–Trinajstić information content (AvgIpc) is 3.25. The minimum atomic E-state index is 0.695. The Balaban J connectivity index is 1.67. The van der Waals surface area contributed by atoms with E-state index in [1.165, 1.54) is 49.9 Å². The highest BCUT2D eigenvalue weighted by Gasteiger charge is 2.30. The van der Waals surface area contributed by atoms with Gasteiger partial charge in [0.1, 0.15) is 5.82 Å². The second kappa shape index (κ2) is 5.04. The first-order valence-corrected chi connectivity index (χ1v) is 8.46. The van der Waals surface area contributed by atoms with Crippen LogP contribution >= 0.6 is 0 Å². The van der Waals surface area contributed by atoms with Gasteiger partial charge in [-0.25, -0.2) is 4.98 Å². The maximum Gasteiger partial charge on any atom is 0.113 e. The smallest absolute Gasteiger partial charge is 0.113 e. The van der Waals surface area contributed by atoms with Gasteiger partial charge in [-0.3, -0.25) is 0 Å². The van der Waals surface area contributed by atoms with Crippen molar-refractivity contribution in [2.45, 2.75) is 57.9 Å². The van der Waals surface area contributed by atoms with Crippen LogP contribution in [0.1, 0.15) is 57.2 Å². The summed E-state index contributed by atoms with van der Waals surface area (Å²) in [6.07, 6.45) is 8.15. The number of rotatable bonds is 3. The van der Waals surface area contributed by atoms with Crippen molar-refractivity contribution < 1.29 is 0 Å². The normalized spacial score (nSPS) is 26.3. The number of aromatic nitrogens is 2. The summed E-state index contributed by atoms with van der Waals surface area (Å²) in [6.45, 7) is 3.54. The lowest BCUT2D eigenvalue weighted by atomic mass is 9.83. The fraction of sp³-hybridized carbons (Fsp3) is 0.611. The highest BCUT2D eigenvalue weighted by Crippen LogP contribution is 2.41. The maximum atomic E-state index is 5.93. The Hall–Kier alpha value is -1.51. The van der Waals surface area contributed by atoms with Crippen molar-refractivity contribution in [1.29, 1.82) is 0 Å². The molecule has 3 heteroatoms. The molecule has 0 saturated heterocycles. The van der Waals surface area contributed by atoms with Gasteiger partial charge in [-0.15, -0.1) is 0 Å². The minimum absolute atomic E-state index is 0.695. The zero-order chi connectivity index (χ0) is 14.4. The molecule has 1 heterocycles. The number of nitrogens with zero attached hydrogens (tertiary/aromatic N) is 2. The largest absolute Gasteiger partial charge is 0.399 e. The number of hydrogen-bond donors (Lipinski definition) is 1. The third kappa shape index (κ3) is 2.54. The van der Waals surface area contributed by atoms with Crippen LogP contribution in [0.5, 0.6) is 0 Å². The summed E-state index contributed by atoms with van der Waals surface area (Å²) in [4.78, 5) is 4.90. The first kappa shape index (κ1) is 13.2. The van der Waals surface area contributed by atoms with Crippen molar-refractivity contribution >= 4 is 16.7 Å². The summed E-state index contributed by atoms with van der Waals surface area (Å²) in [7, 11) is 0. The molecule has 2 aliphatic rings. The fourth-order valence-electron chi connectivity index (χ4n) is 3.78. The molecule has 2 aliphatic carbocycles. The van der Waals surface area contributed by atoms with E-state index in [1.807, 2.05) is 12.1 Å². The van der Waals surface area contributed by atoms with Crippen LogP contribution in [0.15, 0.2) is 18.2 Å². The van der Waals surface area contributed by atoms with Gasteiger partial charge in [-0.1, -0.05) is 19.8 Å². The van der Waals surface area contributed by atoms with E-state index < -0.39 is 0 Å². The van der Waals surface area contributed by atoms with Crippen molar-refractivity contribution in [2.24, 2.45) is 11.8 Å². The molecule has 2 N–H and O–H groups in total. The Bertz CT molecular complexity index is 646. The van der Waals surface area contributed by atoms with Crippen LogP contribution in [0.2, 0.25) is 0 Å². The molecule has 1 aromatic heterocycles. The first-order valence-electron chi connectivity index (χ1n) is 8.46. The van der Waals surface area contributed by atoms with Crippen LogP contribution in [0, 0.1) is 11.8 Å². The Labute approximate surface area is 126 Å². The molecular formula is C18H25N3. The summed E-state index contributed by atoms with van der Waals surface area (Å²) in [5.74, 6) is 3.76. The third-order valence-corrected chi connectivity index (χ3v) is 5.32. The van der Waals surface area contributed by atoms with Crippen LogP contribution in [0.4, 0.5) is 5.69 Å². The molecule has 1 aromatic carbocycles. The topological polar surface area (TPSA) is 43.8 Å². The monoisotopic (exact) mass is 283 g/mol. The van der Waals surface area contributed by atoms with Gasteiger partial charge in [0.25, 0.3) is 0 Å². The van der Waals surface area contributed by atoms with Gasteiger partial charge < -0.3 is 10.3 Å². The SMILES string of the molecule is CC1CCC(Cn2c(C3CC3)nc3cc(N)ccc32)CC1. The highest BCUT2D eigenvalue weighted by atomic mass is 15.1. The Kier molecular flexibility index (Phi) is 3.16. The quantitative estimate of drug-likeness (QED) is 0.852. The van der Waals surface area contributed by atoms with Crippen molar-refractivity contribution in [3.63, 3.8) is 0 Å². The number of nitrogens with two attached hydrogens (primary N) is 1. The van der Waals surface area contributed by atoms with E-state index in [1.54, 1.807) is 0 Å². The van der Waals surface area contributed by atoms with Crippen molar-refractivity contribution in [1.82, 2.24) is 9.55 Å². The molecule has 0 bridgehead atoms. The summed E-state index contributed by atoms with van der Waals surface area (Å²) >= 11 is 0. The minimum Gasteiger partial charge on any atom is -0.399 e. The lowest BCUT2D eigenvalue weighted by Crippen LogP contribution is -2.18. The number of hydrogen-bond acceptors (Lipinski definition) is 2. The van der Waals surface area contributed by atoms with Gasteiger partial charge >= 0.3 is 0 Å². The van der Waals surface area contributed by atoms with E-state index >= 15 is 0 Å². The molecule has 0 unspecified atom stereocenters. The molecule has 2 fully saturated rings. The molecule has 0 amide bonds. The number of anilines is 1. The molecule has 0 radical (unpaired) electrons. The molecule has 3 nitrogen and oxygen atoms in total. The van der Waals surface area contributed by atoms with E-state index in [0.717, 1.165) is 29.6 Å². The zero-order valence-corrected chi connectivity index (χ0v) is 12.9. The van der Waals surface area contributed by atoms with Crippen LogP contribution in [-0.2, 0) is 6.54 Å². The van der Waals surface area contributed by atoms with Crippen LogP contribution < -0.4 is 5.73 Å². The highest BCUT2D eigenvalue weighted by molar-refractivity contribution is 5.79. The number of nitrogen functional groups attached to an aromatic ring is 1. The zero-order valence-electron chi connectivity index (χ0n) is 12.9. The predicted molar refractivity (Wildman–Crippen MR) is 87.2 cm³/mol. The molecule has 112 valence electrons. The molecule has 2 aromatic rings. The Morgan fingerprint density at radius 2 is 1.90 bits per heavy atom.